The van der Waals surface area contributed by atoms with Crippen molar-refractivity contribution in [1.82, 2.24) is 5.32 Å². The van der Waals surface area contributed by atoms with Crippen LogP contribution in [0.4, 0.5) is 0 Å². The third-order valence-electron chi connectivity index (χ3n) is 2.57. The van der Waals surface area contributed by atoms with Crippen LogP contribution < -0.4 is 5.32 Å². The van der Waals surface area contributed by atoms with Gasteiger partial charge in [0.2, 0.25) is 0 Å². The molecule has 3 heteroatoms. The van der Waals surface area contributed by atoms with E-state index in [1.54, 1.807) is 0 Å². The fourth-order valence-corrected chi connectivity index (χ4v) is 1.59. The van der Waals surface area contributed by atoms with Crippen molar-refractivity contribution in [3.63, 3.8) is 0 Å². The van der Waals surface area contributed by atoms with Crippen LogP contribution in [-0.2, 0) is 9.47 Å². The van der Waals surface area contributed by atoms with Gasteiger partial charge in [0.05, 0.1) is 19.3 Å². The van der Waals surface area contributed by atoms with Crippen molar-refractivity contribution in [2.75, 3.05) is 32.9 Å². The van der Waals surface area contributed by atoms with Gasteiger partial charge in [-0.25, -0.2) is 0 Å². The van der Waals surface area contributed by atoms with Crippen LogP contribution in [0.2, 0.25) is 0 Å². The molecule has 0 aromatic carbocycles. The first kappa shape index (κ1) is 8.48. The third-order valence-corrected chi connectivity index (χ3v) is 2.57. The van der Waals surface area contributed by atoms with Crippen molar-refractivity contribution >= 4 is 0 Å². The Balaban J connectivity index is 1.58. The zero-order valence-corrected chi connectivity index (χ0v) is 7.42. The molecule has 70 valence electrons. The smallest absolute Gasteiger partial charge is 0.0823 e. The molecule has 2 fully saturated rings. The molecule has 2 heterocycles. The lowest BCUT2D eigenvalue weighted by Crippen LogP contribution is -2.49. The van der Waals surface area contributed by atoms with E-state index in [2.05, 4.69) is 5.32 Å². The highest BCUT2D eigenvalue weighted by Gasteiger charge is 2.20. The van der Waals surface area contributed by atoms with Gasteiger partial charge in [-0.05, 0) is 12.8 Å². The Morgan fingerprint density at radius 3 is 2.92 bits per heavy atom. The predicted molar refractivity (Wildman–Crippen MR) is 46.2 cm³/mol. The molecular formula is C9H17NO2. The highest BCUT2D eigenvalue weighted by atomic mass is 16.5. The molecule has 2 aliphatic heterocycles. The van der Waals surface area contributed by atoms with Gasteiger partial charge < -0.3 is 14.8 Å². The van der Waals surface area contributed by atoms with Crippen LogP contribution in [0, 0.1) is 5.92 Å². The van der Waals surface area contributed by atoms with Gasteiger partial charge in [0.1, 0.15) is 0 Å². The van der Waals surface area contributed by atoms with Crippen molar-refractivity contribution in [3.8, 4) is 0 Å². The van der Waals surface area contributed by atoms with Crippen LogP contribution in [0.3, 0.4) is 0 Å². The third kappa shape index (κ3) is 2.19. The average molecular weight is 171 g/mol. The van der Waals surface area contributed by atoms with Crippen molar-refractivity contribution in [2.45, 2.75) is 18.9 Å². The first-order valence-electron chi connectivity index (χ1n) is 4.85. The summed E-state index contributed by atoms with van der Waals surface area (Å²) < 4.78 is 11.0. The Bertz CT molecular complexity index is 130. The van der Waals surface area contributed by atoms with Gasteiger partial charge in [-0.3, -0.25) is 0 Å². The van der Waals surface area contributed by atoms with Gasteiger partial charge in [-0.15, -0.1) is 0 Å². The summed E-state index contributed by atoms with van der Waals surface area (Å²) in [5.41, 5.74) is 0. The predicted octanol–water partition coefficient (Wildman–Crippen LogP) is 0.401. The molecule has 0 aromatic rings. The number of ether oxygens (including phenoxy) is 2. The Morgan fingerprint density at radius 1 is 1.42 bits per heavy atom. The molecule has 2 rings (SSSR count). The van der Waals surface area contributed by atoms with Crippen LogP contribution in [0.5, 0.6) is 0 Å². The molecule has 2 saturated heterocycles. The molecule has 1 atom stereocenters. The maximum atomic E-state index is 5.67. The van der Waals surface area contributed by atoms with E-state index in [0.29, 0.717) is 12.0 Å². The summed E-state index contributed by atoms with van der Waals surface area (Å²) in [5, 5.41) is 3.19. The summed E-state index contributed by atoms with van der Waals surface area (Å²) >= 11 is 0. The molecule has 1 N–H and O–H groups in total. The summed E-state index contributed by atoms with van der Waals surface area (Å²) in [4.78, 5) is 0. The molecule has 12 heavy (non-hydrogen) atoms. The molecule has 0 aliphatic carbocycles. The standard InChI is InChI=1S/C9H17NO2/c1-2-8(6-11-3-1)7-12-9-4-10-5-9/h8-10H,1-7H2. The minimum absolute atomic E-state index is 0.479. The zero-order valence-electron chi connectivity index (χ0n) is 7.42. The average Bonchev–Trinajstić information content (AvgIpc) is 2.04. The van der Waals surface area contributed by atoms with E-state index in [9.17, 15) is 0 Å². The molecule has 0 saturated carbocycles. The maximum Gasteiger partial charge on any atom is 0.0823 e. The molecule has 3 nitrogen and oxygen atoms in total. The monoisotopic (exact) mass is 171 g/mol. The summed E-state index contributed by atoms with van der Waals surface area (Å²) in [7, 11) is 0. The van der Waals surface area contributed by atoms with Crippen LogP contribution in [0.15, 0.2) is 0 Å². The minimum atomic E-state index is 0.479. The first-order chi connectivity index (χ1) is 5.95. The normalized spacial score (nSPS) is 31.5. The number of nitrogens with one attached hydrogen (secondary N) is 1. The van der Waals surface area contributed by atoms with E-state index in [1.165, 1.54) is 12.8 Å². The summed E-state index contributed by atoms with van der Waals surface area (Å²) in [6.07, 6.45) is 2.96. The Kier molecular flexibility index (Phi) is 2.98. The SMILES string of the molecule is C1COCC(COC2CNC2)C1. The quantitative estimate of drug-likeness (QED) is 0.667. The molecular weight excluding hydrogens is 154 g/mol. The molecule has 0 amide bonds. The van der Waals surface area contributed by atoms with Crippen molar-refractivity contribution in [2.24, 2.45) is 5.92 Å². The molecule has 0 aromatic heterocycles. The van der Waals surface area contributed by atoms with Gasteiger partial charge in [0.15, 0.2) is 0 Å². The van der Waals surface area contributed by atoms with Crippen LogP contribution >= 0.6 is 0 Å². The molecule has 0 spiro atoms. The van der Waals surface area contributed by atoms with E-state index in [-0.39, 0.29) is 0 Å². The second kappa shape index (κ2) is 4.21. The lowest BCUT2D eigenvalue weighted by atomic mass is 10.0. The topological polar surface area (TPSA) is 30.5 Å². The van der Waals surface area contributed by atoms with Gasteiger partial charge in [-0.1, -0.05) is 0 Å². The number of hydrogen-bond donors (Lipinski definition) is 1. The first-order valence-corrected chi connectivity index (χ1v) is 4.85. The molecule has 0 radical (unpaired) electrons. The van der Waals surface area contributed by atoms with Gasteiger partial charge in [-0.2, -0.15) is 0 Å². The molecule has 1 unspecified atom stereocenters. The van der Waals surface area contributed by atoms with Gasteiger partial charge in [0.25, 0.3) is 0 Å². The van der Waals surface area contributed by atoms with E-state index >= 15 is 0 Å². The lowest BCUT2D eigenvalue weighted by molar-refractivity contribution is -0.0379. The van der Waals surface area contributed by atoms with Crippen molar-refractivity contribution in [3.05, 3.63) is 0 Å². The van der Waals surface area contributed by atoms with E-state index in [0.717, 1.165) is 32.9 Å². The van der Waals surface area contributed by atoms with E-state index < -0.39 is 0 Å². The fourth-order valence-electron chi connectivity index (χ4n) is 1.59. The summed E-state index contributed by atoms with van der Waals surface area (Å²) in [6, 6.07) is 0. The Morgan fingerprint density at radius 2 is 2.33 bits per heavy atom. The van der Waals surface area contributed by atoms with E-state index in [1.807, 2.05) is 0 Å². The Hall–Kier alpha value is -0.120. The zero-order chi connectivity index (χ0) is 8.23. The van der Waals surface area contributed by atoms with E-state index in [4.69, 9.17) is 9.47 Å². The molecule has 2 aliphatic rings. The van der Waals surface area contributed by atoms with Gasteiger partial charge >= 0.3 is 0 Å². The summed E-state index contributed by atoms with van der Waals surface area (Å²) in [6.45, 7) is 4.81. The lowest BCUT2D eigenvalue weighted by Gasteiger charge is -2.30. The van der Waals surface area contributed by atoms with Crippen molar-refractivity contribution in [1.29, 1.82) is 0 Å². The second-order valence-corrected chi connectivity index (χ2v) is 3.70. The van der Waals surface area contributed by atoms with Crippen LogP contribution in [0.25, 0.3) is 0 Å². The minimum Gasteiger partial charge on any atom is -0.381 e. The van der Waals surface area contributed by atoms with Crippen molar-refractivity contribution < 1.29 is 9.47 Å². The maximum absolute atomic E-state index is 5.67. The molecule has 0 bridgehead atoms. The Labute approximate surface area is 73.4 Å². The van der Waals surface area contributed by atoms with Crippen LogP contribution in [0.1, 0.15) is 12.8 Å². The van der Waals surface area contributed by atoms with Crippen LogP contribution in [-0.4, -0.2) is 39.0 Å². The highest BCUT2D eigenvalue weighted by molar-refractivity contribution is 4.75. The summed E-state index contributed by atoms with van der Waals surface area (Å²) in [5.74, 6) is 0.652. The largest absolute Gasteiger partial charge is 0.381 e. The highest BCUT2D eigenvalue weighted by Crippen LogP contribution is 2.14. The number of rotatable bonds is 3. The second-order valence-electron chi connectivity index (χ2n) is 3.70. The number of hydrogen-bond acceptors (Lipinski definition) is 3. The van der Waals surface area contributed by atoms with Gasteiger partial charge in [0, 0.05) is 25.6 Å². The fraction of sp³-hybridized carbons (Fsp3) is 1.00.